The second-order valence-corrected chi connectivity index (χ2v) is 6.61. The smallest absolute Gasteiger partial charge is 0.272 e. The van der Waals surface area contributed by atoms with Crippen LogP contribution in [0.1, 0.15) is 20.3 Å². The molecule has 0 saturated carbocycles. The number of benzene rings is 1. The molecule has 2 aromatic rings. The highest BCUT2D eigenvalue weighted by atomic mass is 16.2. The van der Waals surface area contributed by atoms with Crippen molar-refractivity contribution in [1.29, 1.82) is 0 Å². The standard InChI is InChI=1S/C17H22N10O/c1-9(2)8-11-12(28)22-14(20)27(11)17-25-15(21-10-6-4-3-5-7-10)24-16(26-17)23-13(18)19/h3-7,9,11H,8H2,1-2H3,(H2,20,22,28)(H5,18,19,21,23,24,25,26). The molecule has 0 spiro atoms. The third kappa shape index (κ3) is 4.31. The number of amides is 1. The second kappa shape index (κ2) is 7.86. The summed E-state index contributed by atoms with van der Waals surface area (Å²) in [5, 5.41) is 3.06. The molecule has 0 bridgehead atoms. The number of nitrogens with zero attached hydrogens (tertiary/aromatic N) is 6. The first-order valence-corrected chi connectivity index (χ1v) is 8.68. The van der Waals surface area contributed by atoms with Gasteiger partial charge in [-0.05, 0) is 24.5 Å². The van der Waals surface area contributed by atoms with Crippen LogP contribution in [0.4, 0.5) is 23.5 Å². The summed E-state index contributed by atoms with van der Waals surface area (Å²) in [5.41, 5.74) is 17.7. The highest BCUT2D eigenvalue weighted by Crippen LogP contribution is 2.25. The molecule has 0 radical (unpaired) electrons. The summed E-state index contributed by atoms with van der Waals surface area (Å²) in [6, 6.07) is 8.71. The summed E-state index contributed by atoms with van der Waals surface area (Å²) in [4.78, 5) is 34.3. The van der Waals surface area contributed by atoms with Crippen LogP contribution in [0.5, 0.6) is 0 Å². The van der Waals surface area contributed by atoms with Gasteiger partial charge in [-0.25, -0.2) is 0 Å². The fraction of sp³-hybridized carbons (Fsp3) is 0.294. The van der Waals surface area contributed by atoms with E-state index in [0.717, 1.165) is 5.69 Å². The molecule has 0 fully saturated rings. The lowest BCUT2D eigenvalue weighted by molar-refractivity contribution is -0.118. The van der Waals surface area contributed by atoms with Crippen LogP contribution in [0.25, 0.3) is 0 Å². The molecule has 1 amide bonds. The SMILES string of the molecule is CC(C)CC1C(=O)N=C(N)N1c1nc(N=C(N)N)nc(Nc2ccccc2)n1. The highest BCUT2D eigenvalue weighted by Gasteiger charge is 2.37. The number of hydrogen-bond donors (Lipinski definition) is 4. The first-order chi connectivity index (χ1) is 13.3. The van der Waals surface area contributed by atoms with Gasteiger partial charge in [0.1, 0.15) is 6.04 Å². The van der Waals surface area contributed by atoms with Gasteiger partial charge in [-0.1, -0.05) is 32.0 Å². The van der Waals surface area contributed by atoms with Gasteiger partial charge in [-0.2, -0.15) is 24.9 Å². The summed E-state index contributed by atoms with van der Waals surface area (Å²) in [6.07, 6.45) is 0.536. The van der Waals surface area contributed by atoms with Crippen molar-refractivity contribution in [2.24, 2.45) is 33.1 Å². The van der Waals surface area contributed by atoms with E-state index in [4.69, 9.17) is 17.2 Å². The molecule has 3 rings (SSSR count). The number of carbonyl (C=O) groups is 1. The fourth-order valence-electron chi connectivity index (χ4n) is 2.74. The van der Waals surface area contributed by atoms with Gasteiger partial charge < -0.3 is 22.5 Å². The first-order valence-electron chi connectivity index (χ1n) is 8.68. The molecule has 0 saturated heterocycles. The zero-order valence-corrected chi connectivity index (χ0v) is 15.6. The zero-order valence-electron chi connectivity index (χ0n) is 15.6. The van der Waals surface area contributed by atoms with Crippen LogP contribution in [0.15, 0.2) is 40.3 Å². The van der Waals surface area contributed by atoms with E-state index in [0.29, 0.717) is 6.42 Å². The fourth-order valence-corrected chi connectivity index (χ4v) is 2.74. The molecule has 1 aliphatic rings. The van der Waals surface area contributed by atoms with Crippen molar-refractivity contribution in [1.82, 2.24) is 15.0 Å². The molecular formula is C17H22N10O. The number of para-hydroxylation sites is 1. The van der Waals surface area contributed by atoms with Gasteiger partial charge >= 0.3 is 0 Å². The van der Waals surface area contributed by atoms with Crippen molar-refractivity contribution in [3.63, 3.8) is 0 Å². The van der Waals surface area contributed by atoms with Gasteiger partial charge in [-0.3, -0.25) is 9.69 Å². The lowest BCUT2D eigenvalue weighted by atomic mass is 10.0. The minimum atomic E-state index is -0.598. The lowest BCUT2D eigenvalue weighted by Crippen LogP contribution is -2.43. The van der Waals surface area contributed by atoms with Crippen LogP contribution in [-0.4, -0.2) is 38.8 Å². The predicted octanol–water partition coefficient (Wildman–Crippen LogP) is 0.596. The molecule has 1 atom stereocenters. The summed E-state index contributed by atoms with van der Waals surface area (Å²) >= 11 is 0. The molecule has 1 unspecified atom stereocenters. The van der Waals surface area contributed by atoms with Crippen molar-refractivity contribution in [2.45, 2.75) is 26.3 Å². The van der Waals surface area contributed by atoms with E-state index in [1.807, 2.05) is 44.2 Å². The Balaban J connectivity index is 2.03. The van der Waals surface area contributed by atoms with Gasteiger partial charge in [0.2, 0.25) is 17.9 Å². The Morgan fingerprint density at radius 3 is 2.57 bits per heavy atom. The van der Waals surface area contributed by atoms with E-state index in [9.17, 15) is 4.79 Å². The number of nitrogens with two attached hydrogens (primary N) is 3. The van der Waals surface area contributed by atoms with Crippen molar-refractivity contribution >= 4 is 41.4 Å². The number of aromatic nitrogens is 3. The average molecular weight is 382 g/mol. The first kappa shape index (κ1) is 19.0. The summed E-state index contributed by atoms with van der Waals surface area (Å²) < 4.78 is 0. The molecule has 1 aliphatic heterocycles. The van der Waals surface area contributed by atoms with Crippen LogP contribution in [0.2, 0.25) is 0 Å². The monoisotopic (exact) mass is 382 g/mol. The van der Waals surface area contributed by atoms with Crippen molar-refractivity contribution in [3.05, 3.63) is 30.3 Å². The van der Waals surface area contributed by atoms with E-state index >= 15 is 0 Å². The van der Waals surface area contributed by atoms with Gasteiger partial charge in [-0.15, -0.1) is 0 Å². The molecule has 7 N–H and O–H groups in total. The van der Waals surface area contributed by atoms with Gasteiger partial charge in [0, 0.05) is 5.69 Å². The minimum absolute atomic E-state index is 0.0149. The number of rotatable bonds is 6. The lowest BCUT2D eigenvalue weighted by Gasteiger charge is -2.24. The highest BCUT2D eigenvalue weighted by molar-refractivity contribution is 6.12. The van der Waals surface area contributed by atoms with Crippen molar-refractivity contribution in [2.75, 3.05) is 10.2 Å². The van der Waals surface area contributed by atoms with Crippen molar-refractivity contribution in [3.8, 4) is 0 Å². The third-order valence-electron chi connectivity index (χ3n) is 3.85. The Hall–Kier alpha value is -3.76. The van der Waals surface area contributed by atoms with E-state index < -0.39 is 6.04 Å². The number of hydrogen-bond acceptors (Lipinski definition) is 8. The van der Waals surface area contributed by atoms with E-state index in [1.54, 1.807) is 0 Å². The van der Waals surface area contributed by atoms with Crippen LogP contribution in [-0.2, 0) is 4.79 Å². The Labute approximate surface area is 161 Å². The maximum atomic E-state index is 12.3. The molecule has 28 heavy (non-hydrogen) atoms. The normalized spacial score (nSPS) is 16.2. The molecule has 11 nitrogen and oxygen atoms in total. The molecule has 11 heteroatoms. The summed E-state index contributed by atoms with van der Waals surface area (Å²) in [5.74, 6) is 0.0200. The molecule has 1 aromatic carbocycles. The Kier molecular flexibility index (Phi) is 5.34. The van der Waals surface area contributed by atoms with Crippen LogP contribution in [0, 0.1) is 5.92 Å². The predicted molar refractivity (Wildman–Crippen MR) is 107 cm³/mol. The van der Waals surface area contributed by atoms with Crippen LogP contribution in [0.3, 0.4) is 0 Å². The van der Waals surface area contributed by atoms with Crippen molar-refractivity contribution < 1.29 is 4.79 Å². The Morgan fingerprint density at radius 2 is 1.93 bits per heavy atom. The maximum absolute atomic E-state index is 12.3. The van der Waals surface area contributed by atoms with Gasteiger partial charge in [0.05, 0.1) is 0 Å². The topological polar surface area (TPSA) is 174 Å². The number of anilines is 3. The van der Waals surface area contributed by atoms with Gasteiger partial charge in [0.15, 0.2) is 5.96 Å². The maximum Gasteiger partial charge on any atom is 0.272 e. The molecule has 2 heterocycles. The zero-order chi connectivity index (χ0) is 20.3. The average Bonchev–Trinajstić information content (AvgIpc) is 2.88. The van der Waals surface area contributed by atoms with E-state index in [-0.39, 0.29) is 41.6 Å². The molecule has 0 aliphatic carbocycles. The number of nitrogens with one attached hydrogen (secondary N) is 1. The number of aliphatic imine (C=N–C) groups is 2. The van der Waals surface area contributed by atoms with E-state index in [2.05, 4.69) is 30.3 Å². The van der Waals surface area contributed by atoms with Gasteiger partial charge in [0.25, 0.3) is 11.9 Å². The second-order valence-electron chi connectivity index (χ2n) is 6.61. The van der Waals surface area contributed by atoms with Crippen LogP contribution < -0.4 is 27.4 Å². The molecular weight excluding hydrogens is 360 g/mol. The minimum Gasteiger partial charge on any atom is -0.370 e. The summed E-state index contributed by atoms with van der Waals surface area (Å²) in [7, 11) is 0. The Bertz CT molecular complexity index is 921. The third-order valence-corrected chi connectivity index (χ3v) is 3.85. The van der Waals surface area contributed by atoms with E-state index in [1.165, 1.54) is 4.90 Å². The van der Waals surface area contributed by atoms with Crippen LogP contribution >= 0.6 is 0 Å². The summed E-state index contributed by atoms with van der Waals surface area (Å²) in [6.45, 7) is 4.00. The Morgan fingerprint density at radius 1 is 1.21 bits per heavy atom. The number of carbonyl (C=O) groups excluding carboxylic acids is 1. The molecule has 1 aromatic heterocycles. The molecule has 146 valence electrons. The quantitative estimate of drug-likeness (QED) is 0.412. The largest absolute Gasteiger partial charge is 0.370 e. The number of guanidine groups is 2.